The largest absolute Gasteiger partial charge is 0.494 e. The molecule has 1 heterocycles. The summed E-state index contributed by atoms with van der Waals surface area (Å²) < 4.78 is 84.8. The molecule has 104 valence electrons. The minimum absolute atomic E-state index is 0.0953. The van der Waals surface area contributed by atoms with Crippen molar-refractivity contribution in [2.24, 2.45) is 0 Å². The van der Waals surface area contributed by atoms with Crippen molar-refractivity contribution in [1.82, 2.24) is 0 Å². The lowest BCUT2D eigenvalue weighted by Crippen LogP contribution is -2.59. The molecule has 1 aliphatic rings. The molecule has 1 aromatic carbocycles. The van der Waals surface area contributed by atoms with Gasteiger partial charge in [0.15, 0.2) is 0 Å². The van der Waals surface area contributed by atoms with E-state index in [2.05, 4.69) is 9.31 Å². The van der Waals surface area contributed by atoms with Crippen molar-refractivity contribution in [3.8, 4) is 0 Å². The van der Waals surface area contributed by atoms with E-state index in [1.165, 1.54) is 24.3 Å². The predicted octanol–water partition coefficient (Wildman–Crippen LogP) is 2.29. The topological polar surface area (TPSA) is 18.5 Å². The number of halogens is 6. The average Bonchev–Trinajstić information content (AvgIpc) is 2.75. The molecule has 1 fully saturated rings. The van der Waals surface area contributed by atoms with Gasteiger partial charge in [-0.15, -0.1) is 0 Å². The molecule has 0 unspecified atom stereocenters. The van der Waals surface area contributed by atoms with Crippen LogP contribution in [0, 0.1) is 0 Å². The van der Waals surface area contributed by atoms with Crippen LogP contribution in [0.3, 0.4) is 0 Å². The third kappa shape index (κ3) is 2.32. The van der Waals surface area contributed by atoms with Crippen molar-refractivity contribution in [1.29, 1.82) is 0 Å². The van der Waals surface area contributed by atoms with Crippen LogP contribution in [0.25, 0.3) is 0 Å². The fraction of sp³-hybridized carbons (Fsp3) is 0.400. The molecule has 0 saturated carbocycles. The van der Waals surface area contributed by atoms with E-state index >= 15 is 0 Å². The van der Waals surface area contributed by atoms with Crippen LogP contribution in [0.15, 0.2) is 30.3 Å². The van der Waals surface area contributed by atoms with Crippen molar-refractivity contribution in [3.63, 3.8) is 0 Å². The van der Waals surface area contributed by atoms with Crippen LogP contribution < -0.4 is 5.46 Å². The lowest BCUT2D eigenvalue weighted by Gasteiger charge is -2.32. The van der Waals surface area contributed by atoms with Crippen LogP contribution >= 0.6 is 0 Å². The van der Waals surface area contributed by atoms with Crippen molar-refractivity contribution in [3.05, 3.63) is 30.3 Å². The lowest BCUT2D eigenvalue weighted by atomic mass is 9.79. The minimum atomic E-state index is -5.60. The van der Waals surface area contributed by atoms with Crippen LogP contribution in [-0.4, -0.2) is 31.7 Å². The Hall–Kier alpha value is -1.22. The summed E-state index contributed by atoms with van der Waals surface area (Å²) in [6.07, 6.45) is -11.2. The summed E-state index contributed by atoms with van der Waals surface area (Å²) in [6, 6.07) is 7.15. The van der Waals surface area contributed by atoms with Gasteiger partial charge in [-0.25, -0.2) is 0 Å². The number of alkyl halides is 6. The molecule has 2 rings (SSSR count). The Morgan fingerprint density at radius 3 is 1.89 bits per heavy atom. The normalized spacial score (nSPS) is 19.8. The molecule has 1 aliphatic heterocycles. The van der Waals surface area contributed by atoms with Crippen molar-refractivity contribution in [2.45, 2.75) is 18.0 Å². The highest BCUT2D eigenvalue weighted by atomic mass is 19.4. The van der Waals surface area contributed by atoms with Crippen molar-refractivity contribution in [2.75, 3.05) is 6.61 Å². The van der Waals surface area contributed by atoms with Crippen molar-refractivity contribution >= 4 is 12.6 Å². The van der Waals surface area contributed by atoms with E-state index in [1.807, 2.05) is 0 Å². The third-order valence-corrected chi connectivity index (χ3v) is 2.73. The fourth-order valence-electron chi connectivity index (χ4n) is 1.68. The molecule has 0 aliphatic carbocycles. The predicted molar refractivity (Wildman–Crippen MR) is 53.7 cm³/mol. The summed E-state index contributed by atoms with van der Waals surface area (Å²) in [6.45, 7) is -1.61. The van der Waals surface area contributed by atoms with Gasteiger partial charge in [0.1, 0.15) is 0 Å². The molecule has 1 saturated heterocycles. The summed E-state index contributed by atoms with van der Waals surface area (Å²) in [5, 5.41) is 0. The Bertz CT molecular complexity index is 430. The molecular formula is C10H7BF6O2. The number of hydrogen-bond donors (Lipinski definition) is 0. The zero-order valence-corrected chi connectivity index (χ0v) is 9.26. The van der Waals surface area contributed by atoms with Gasteiger partial charge in [-0.3, -0.25) is 0 Å². The SMILES string of the molecule is FC(F)(F)C1(C(F)(F)F)COB(c2ccccc2)O1. The zero-order chi connectivity index (χ0) is 14.3. The number of rotatable bonds is 1. The van der Waals surface area contributed by atoms with E-state index in [0.29, 0.717) is 0 Å². The van der Waals surface area contributed by atoms with E-state index in [-0.39, 0.29) is 5.46 Å². The Morgan fingerprint density at radius 2 is 1.47 bits per heavy atom. The number of benzene rings is 1. The molecule has 9 heteroatoms. The van der Waals surface area contributed by atoms with Crippen LogP contribution in [0.5, 0.6) is 0 Å². The van der Waals surface area contributed by atoms with Crippen molar-refractivity contribution < 1.29 is 35.7 Å². The van der Waals surface area contributed by atoms with Crippen LogP contribution in [0.4, 0.5) is 26.3 Å². The number of hydrogen-bond acceptors (Lipinski definition) is 2. The molecule has 0 aromatic heterocycles. The fourth-order valence-corrected chi connectivity index (χ4v) is 1.68. The first-order valence-corrected chi connectivity index (χ1v) is 5.15. The second kappa shape index (κ2) is 4.41. The molecule has 1 aromatic rings. The van der Waals surface area contributed by atoms with E-state index in [4.69, 9.17) is 0 Å². The zero-order valence-electron chi connectivity index (χ0n) is 9.26. The molecule has 0 spiro atoms. The van der Waals surface area contributed by atoms with Gasteiger partial charge in [-0.05, 0) is 5.46 Å². The lowest BCUT2D eigenvalue weighted by molar-refractivity contribution is -0.352. The third-order valence-electron chi connectivity index (χ3n) is 2.73. The standard InChI is InChI=1S/C10H7BF6O2/c12-9(13,14)8(10(15,16)17)6-18-11(19-8)7-4-2-1-3-5-7/h1-5H,6H2. The van der Waals surface area contributed by atoms with Gasteiger partial charge in [0, 0.05) is 0 Å². The quantitative estimate of drug-likeness (QED) is 0.582. The molecule has 0 amide bonds. The summed E-state index contributed by atoms with van der Waals surface area (Å²) in [5.74, 6) is 0. The Kier molecular flexibility index (Phi) is 3.30. The van der Waals surface area contributed by atoms with E-state index in [1.54, 1.807) is 6.07 Å². The molecule has 0 N–H and O–H groups in total. The van der Waals surface area contributed by atoms with E-state index in [0.717, 1.165) is 0 Å². The summed E-state index contributed by atoms with van der Waals surface area (Å²) in [4.78, 5) is 0. The second-order valence-corrected chi connectivity index (χ2v) is 3.99. The molecule has 0 atom stereocenters. The van der Waals surface area contributed by atoms with Crippen LogP contribution in [0.2, 0.25) is 0 Å². The van der Waals surface area contributed by atoms with Gasteiger partial charge >= 0.3 is 19.5 Å². The summed E-state index contributed by atoms with van der Waals surface area (Å²) >= 11 is 0. The first-order chi connectivity index (χ1) is 8.67. The molecule has 2 nitrogen and oxygen atoms in total. The maximum absolute atomic E-state index is 12.7. The smallest absolute Gasteiger partial charge is 0.404 e. The molecule has 0 bridgehead atoms. The molecule has 0 radical (unpaired) electrons. The highest BCUT2D eigenvalue weighted by Gasteiger charge is 2.75. The maximum Gasteiger partial charge on any atom is 0.494 e. The Balaban J connectivity index is 2.32. The first kappa shape index (κ1) is 14.2. The van der Waals surface area contributed by atoms with E-state index < -0.39 is 31.7 Å². The summed E-state index contributed by atoms with van der Waals surface area (Å²) in [5.41, 5.74) is -4.18. The Labute approximate surface area is 104 Å². The van der Waals surface area contributed by atoms with Gasteiger partial charge in [-0.1, -0.05) is 30.3 Å². The summed E-state index contributed by atoms with van der Waals surface area (Å²) in [7, 11) is -1.69. The first-order valence-electron chi connectivity index (χ1n) is 5.15. The van der Waals surface area contributed by atoms with Gasteiger partial charge in [0.05, 0.1) is 6.61 Å². The van der Waals surface area contributed by atoms with E-state index in [9.17, 15) is 26.3 Å². The van der Waals surface area contributed by atoms with Gasteiger partial charge in [-0.2, -0.15) is 26.3 Å². The van der Waals surface area contributed by atoms with Gasteiger partial charge < -0.3 is 9.31 Å². The van der Waals surface area contributed by atoms with Crippen LogP contribution in [0.1, 0.15) is 0 Å². The second-order valence-electron chi connectivity index (χ2n) is 3.99. The van der Waals surface area contributed by atoms with Gasteiger partial charge in [0.2, 0.25) is 0 Å². The minimum Gasteiger partial charge on any atom is -0.404 e. The highest BCUT2D eigenvalue weighted by molar-refractivity contribution is 6.61. The van der Waals surface area contributed by atoms with Crippen LogP contribution in [-0.2, 0) is 9.31 Å². The van der Waals surface area contributed by atoms with Gasteiger partial charge in [0.25, 0.3) is 5.60 Å². The average molecular weight is 284 g/mol. The molecule has 19 heavy (non-hydrogen) atoms. The monoisotopic (exact) mass is 284 g/mol. The highest BCUT2D eigenvalue weighted by Crippen LogP contribution is 2.48. The maximum atomic E-state index is 12.7. The molecular weight excluding hydrogens is 277 g/mol. The Morgan fingerprint density at radius 1 is 0.947 bits per heavy atom.